The summed E-state index contributed by atoms with van der Waals surface area (Å²) in [6, 6.07) is 0. The Balaban J connectivity index is 4.41. The quantitative estimate of drug-likeness (QED) is 0.466. The first-order valence-electron chi connectivity index (χ1n) is 7.32. The average Bonchev–Trinajstić information content (AvgIpc) is 2.25. The van der Waals surface area contributed by atoms with Crippen molar-refractivity contribution < 1.29 is 0 Å². The number of allylic oxidation sites excluding steroid dienone is 4. The lowest BCUT2D eigenvalue weighted by Crippen LogP contribution is -2.07. The summed E-state index contributed by atoms with van der Waals surface area (Å²) in [6.07, 6.45) is 13.4. The van der Waals surface area contributed by atoms with Crippen molar-refractivity contribution >= 4 is 0 Å². The van der Waals surface area contributed by atoms with Gasteiger partial charge in [0.1, 0.15) is 0 Å². The molecule has 0 aliphatic heterocycles. The largest absolute Gasteiger partial charge is 0.0840 e. The summed E-state index contributed by atoms with van der Waals surface area (Å²) in [5.74, 6) is 0.874. The van der Waals surface area contributed by atoms with Gasteiger partial charge in [0.15, 0.2) is 0 Å². The van der Waals surface area contributed by atoms with E-state index in [4.69, 9.17) is 0 Å². The van der Waals surface area contributed by atoms with Gasteiger partial charge in [0.05, 0.1) is 0 Å². The summed E-state index contributed by atoms with van der Waals surface area (Å²) >= 11 is 0. The molecule has 0 aromatic carbocycles. The summed E-state index contributed by atoms with van der Waals surface area (Å²) in [6.45, 7) is 13.7. The van der Waals surface area contributed by atoms with Gasteiger partial charge >= 0.3 is 0 Å². The van der Waals surface area contributed by atoms with Gasteiger partial charge in [-0.3, -0.25) is 0 Å². The molecule has 1 unspecified atom stereocenters. The first kappa shape index (κ1) is 16.5. The Kier molecular flexibility index (Phi) is 8.29. The van der Waals surface area contributed by atoms with Crippen LogP contribution in [0.1, 0.15) is 73.6 Å². The standard InChI is InChI=1S/C17H32/c1-7-11-15(9-3)13-10-14-16(12-8-2)17(4,5)6/h10,12,14-15H,7-9,11,13H2,1-6H3/b14-10-,16-12+. The zero-order valence-corrected chi connectivity index (χ0v) is 12.8. The van der Waals surface area contributed by atoms with Gasteiger partial charge in [-0.1, -0.05) is 79.0 Å². The van der Waals surface area contributed by atoms with E-state index in [1.807, 2.05) is 0 Å². The first-order valence-corrected chi connectivity index (χ1v) is 7.32. The van der Waals surface area contributed by atoms with E-state index in [9.17, 15) is 0 Å². The van der Waals surface area contributed by atoms with Crippen LogP contribution in [0.5, 0.6) is 0 Å². The maximum atomic E-state index is 2.39. The van der Waals surface area contributed by atoms with Crippen molar-refractivity contribution in [1.29, 1.82) is 0 Å². The third kappa shape index (κ3) is 7.41. The Morgan fingerprint density at radius 2 is 1.76 bits per heavy atom. The van der Waals surface area contributed by atoms with Crippen LogP contribution in [0.25, 0.3) is 0 Å². The van der Waals surface area contributed by atoms with Crippen LogP contribution in [0.4, 0.5) is 0 Å². The monoisotopic (exact) mass is 236 g/mol. The molecule has 17 heavy (non-hydrogen) atoms. The third-order valence-corrected chi connectivity index (χ3v) is 3.33. The molecule has 1 atom stereocenters. The van der Waals surface area contributed by atoms with Crippen molar-refractivity contribution in [3.05, 3.63) is 23.8 Å². The molecule has 0 saturated heterocycles. The molecule has 0 aliphatic carbocycles. The van der Waals surface area contributed by atoms with E-state index in [0.717, 1.165) is 12.3 Å². The minimum absolute atomic E-state index is 0.277. The molecule has 0 bridgehead atoms. The zero-order chi connectivity index (χ0) is 13.3. The maximum Gasteiger partial charge on any atom is -0.0135 e. The summed E-state index contributed by atoms with van der Waals surface area (Å²) in [5, 5.41) is 0. The second-order valence-corrected chi connectivity index (χ2v) is 6.02. The highest BCUT2D eigenvalue weighted by atomic mass is 14.2. The van der Waals surface area contributed by atoms with Crippen LogP contribution in [0.15, 0.2) is 23.8 Å². The maximum absolute atomic E-state index is 2.39. The molecule has 0 heteroatoms. The molecule has 0 fully saturated rings. The van der Waals surface area contributed by atoms with Crippen molar-refractivity contribution in [2.24, 2.45) is 11.3 Å². The predicted octanol–water partition coefficient (Wildman–Crippen LogP) is 6.14. The van der Waals surface area contributed by atoms with Crippen LogP contribution >= 0.6 is 0 Å². The Morgan fingerprint density at radius 1 is 1.12 bits per heavy atom. The van der Waals surface area contributed by atoms with E-state index in [1.165, 1.54) is 31.3 Å². The van der Waals surface area contributed by atoms with Gasteiger partial charge in [0, 0.05) is 0 Å². The van der Waals surface area contributed by atoms with Crippen LogP contribution in [0.2, 0.25) is 0 Å². The summed E-state index contributed by atoms with van der Waals surface area (Å²) in [4.78, 5) is 0. The van der Waals surface area contributed by atoms with Crippen LogP contribution in [0, 0.1) is 11.3 Å². The molecule has 0 N–H and O–H groups in total. The van der Waals surface area contributed by atoms with Gasteiger partial charge in [-0.05, 0) is 29.7 Å². The van der Waals surface area contributed by atoms with Crippen LogP contribution in [-0.2, 0) is 0 Å². The highest BCUT2D eigenvalue weighted by Crippen LogP contribution is 2.27. The van der Waals surface area contributed by atoms with Gasteiger partial charge in [-0.2, -0.15) is 0 Å². The van der Waals surface area contributed by atoms with Gasteiger partial charge < -0.3 is 0 Å². The predicted molar refractivity (Wildman–Crippen MR) is 80.3 cm³/mol. The summed E-state index contributed by atoms with van der Waals surface area (Å²) in [7, 11) is 0. The molecule has 0 radical (unpaired) electrons. The second-order valence-electron chi connectivity index (χ2n) is 6.02. The number of rotatable bonds is 7. The Labute approximate surface area is 109 Å². The topological polar surface area (TPSA) is 0 Å². The fraction of sp³-hybridized carbons (Fsp3) is 0.765. The molecule has 0 amide bonds. The van der Waals surface area contributed by atoms with E-state index < -0.39 is 0 Å². The molecule has 0 aliphatic rings. The Bertz CT molecular complexity index is 237. The van der Waals surface area contributed by atoms with Crippen molar-refractivity contribution in [3.8, 4) is 0 Å². The molecule has 100 valence electrons. The van der Waals surface area contributed by atoms with E-state index in [0.29, 0.717) is 0 Å². The van der Waals surface area contributed by atoms with E-state index in [-0.39, 0.29) is 5.41 Å². The minimum atomic E-state index is 0.277. The summed E-state index contributed by atoms with van der Waals surface area (Å²) in [5.41, 5.74) is 1.75. The second kappa shape index (κ2) is 8.55. The number of hydrogen-bond donors (Lipinski definition) is 0. The number of hydrogen-bond acceptors (Lipinski definition) is 0. The smallest absolute Gasteiger partial charge is 0.0135 e. The fourth-order valence-corrected chi connectivity index (χ4v) is 2.13. The summed E-state index contributed by atoms with van der Waals surface area (Å²) < 4.78 is 0. The highest BCUT2D eigenvalue weighted by molar-refractivity contribution is 5.24. The molecule has 0 aromatic rings. The molecule has 0 aromatic heterocycles. The van der Waals surface area contributed by atoms with Gasteiger partial charge in [0.25, 0.3) is 0 Å². The normalized spacial score (nSPS) is 15.5. The fourth-order valence-electron chi connectivity index (χ4n) is 2.13. The molecule has 0 nitrogen and oxygen atoms in total. The Hall–Kier alpha value is -0.520. The molecule has 0 rings (SSSR count). The van der Waals surface area contributed by atoms with Gasteiger partial charge in [-0.25, -0.2) is 0 Å². The molecule has 0 saturated carbocycles. The van der Waals surface area contributed by atoms with E-state index in [1.54, 1.807) is 0 Å². The lowest BCUT2D eigenvalue weighted by molar-refractivity contribution is 0.469. The Morgan fingerprint density at radius 3 is 2.18 bits per heavy atom. The SMILES string of the molecule is CC/C=C(\C=C/CC(CC)CCC)C(C)(C)C. The lowest BCUT2D eigenvalue weighted by atomic mass is 9.85. The lowest BCUT2D eigenvalue weighted by Gasteiger charge is -2.20. The average molecular weight is 236 g/mol. The van der Waals surface area contributed by atoms with Crippen LogP contribution < -0.4 is 0 Å². The van der Waals surface area contributed by atoms with Crippen LogP contribution in [0.3, 0.4) is 0 Å². The minimum Gasteiger partial charge on any atom is -0.0840 e. The zero-order valence-electron chi connectivity index (χ0n) is 12.8. The van der Waals surface area contributed by atoms with Gasteiger partial charge in [-0.15, -0.1) is 0 Å². The van der Waals surface area contributed by atoms with Crippen molar-refractivity contribution in [2.75, 3.05) is 0 Å². The van der Waals surface area contributed by atoms with Crippen molar-refractivity contribution in [3.63, 3.8) is 0 Å². The van der Waals surface area contributed by atoms with Crippen molar-refractivity contribution in [1.82, 2.24) is 0 Å². The molecule has 0 spiro atoms. The third-order valence-electron chi connectivity index (χ3n) is 3.33. The van der Waals surface area contributed by atoms with Crippen molar-refractivity contribution in [2.45, 2.75) is 73.6 Å². The highest BCUT2D eigenvalue weighted by Gasteiger charge is 2.13. The van der Waals surface area contributed by atoms with Crippen LogP contribution in [-0.4, -0.2) is 0 Å². The molecular formula is C17H32. The molecular weight excluding hydrogens is 204 g/mol. The van der Waals surface area contributed by atoms with E-state index in [2.05, 4.69) is 59.8 Å². The first-order chi connectivity index (χ1) is 7.95. The van der Waals surface area contributed by atoms with Gasteiger partial charge in [0.2, 0.25) is 0 Å². The molecule has 0 heterocycles. The van der Waals surface area contributed by atoms with E-state index >= 15 is 0 Å².